The second-order valence-electron chi connectivity index (χ2n) is 9.72. The first kappa shape index (κ1) is 31.7. The number of ether oxygens (including phenoxy) is 2. The number of carbonyl (C=O) groups excluding carboxylic acids is 3. The lowest BCUT2D eigenvalue weighted by atomic mass is 10.1. The van der Waals surface area contributed by atoms with E-state index in [9.17, 15) is 18.9 Å². The normalized spacial score (nSPS) is 12.9. The number of rotatable bonds is 16. The van der Waals surface area contributed by atoms with Gasteiger partial charge in [0.25, 0.3) is 0 Å². The Hall–Kier alpha value is -3.79. The van der Waals surface area contributed by atoms with E-state index in [4.69, 9.17) is 14.0 Å². The summed E-state index contributed by atoms with van der Waals surface area (Å²) in [5, 5.41) is 9.21. The molecule has 11 nitrogen and oxygen atoms in total. The number of benzene rings is 2. The molecule has 2 unspecified atom stereocenters. The largest absolute Gasteiger partial charge is 0.613 e. The highest BCUT2D eigenvalue weighted by molar-refractivity contribution is 7.36. The number of hydrogen-bond acceptors (Lipinski definition) is 7. The van der Waals surface area contributed by atoms with Crippen LogP contribution in [-0.2, 0) is 41.2 Å². The highest BCUT2D eigenvalue weighted by Crippen LogP contribution is 2.23. The molecule has 0 spiro atoms. The van der Waals surface area contributed by atoms with E-state index in [1.807, 2.05) is 60.8 Å². The second kappa shape index (κ2) is 16.5. The van der Waals surface area contributed by atoms with Crippen molar-refractivity contribution in [2.45, 2.75) is 52.3 Å². The standard InChI is InChI=1S/C29H37N4O7P/c1-4-38-26(34)14-15-30-28(35)27(20(2)3)33-41(37)40-19-23(16-22-17-31-25-13-9-8-12-24(22)25)32-29(36)39-18-21-10-6-5-7-11-21/h5-13,17,20,23,27,31H,4,14-16,18-19H2,1-3H3,(H2-,30,32,33,35,36,37)/p+1/t23?,27-/m0/s1. The van der Waals surface area contributed by atoms with Gasteiger partial charge in [-0.1, -0.05) is 67.5 Å². The summed E-state index contributed by atoms with van der Waals surface area (Å²) in [6.07, 6.45) is 1.65. The van der Waals surface area contributed by atoms with Crippen molar-refractivity contribution in [3.63, 3.8) is 0 Å². The number of hydrogen-bond donors (Lipinski definition) is 4. The zero-order chi connectivity index (χ0) is 29.6. The summed E-state index contributed by atoms with van der Waals surface area (Å²) in [6.45, 7) is 5.68. The molecule has 1 heterocycles. The molecule has 2 amide bonds. The SMILES string of the molecule is CCOC(=O)CCNC(=O)[C@@H](N[P+](=O)OCC(Cc1c[nH]c2ccccc12)NC(=O)OCc1ccccc1)C(C)C. The average molecular weight is 586 g/mol. The van der Waals surface area contributed by atoms with E-state index in [-0.39, 0.29) is 38.7 Å². The summed E-state index contributed by atoms with van der Waals surface area (Å²) < 4.78 is 28.7. The lowest BCUT2D eigenvalue weighted by Gasteiger charge is -2.18. The number of aromatic amines is 1. The highest BCUT2D eigenvalue weighted by atomic mass is 31.1. The first-order chi connectivity index (χ1) is 19.8. The van der Waals surface area contributed by atoms with E-state index in [0.29, 0.717) is 6.42 Å². The molecule has 3 aromatic rings. The monoisotopic (exact) mass is 585 g/mol. The molecule has 0 radical (unpaired) electrons. The number of esters is 1. The summed E-state index contributed by atoms with van der Waals surface area (Å²) in [5.41, 5.74) is 2.75. The average Bonchev–Trinajstić information content (AvgIpc) is 3.36. The Balaban J connectivity index is 1.59. The minimum atomic E-state index is -2.47. The van der Waals surface area contributed by atoms with Gasteiger partial charge in [0.15, 0.2) is 0 Å². The van der Waals surface area contributed by atoms with Crippen LogP contribution in [0.4, 0.5) is 4.79 Å². The highest BCUT2D eigenvalue weighted by Gasteiger charge is 2.33. The van der Waals surface area contributed by atoms with E-state index >= 15 is 0 Å². The molecule has 3 atom stereocenters. The van der Waals surface area contributed by atoms with Gasteiger partial charge in [-0.2, -0.15) is 0 Å². The minimum absolute atomic E-state index is 0.0363. The Kier molecular flexibility index (Phi) is 12.7. The predicted octanol–water partition coefficient (Wildman–Crippen LogP) is 4.36. The van der Waals surface area contributed by atoms with Crippen molar-refractivity contribution in [3.8, 4) is 0 Å². The van der Waals surface area contributed by atoms with Gasteiger partial charge in [-0.05, 0) is 41.0 Å². The smallest absolute Gasteiger partial charge is 0.466 e. The van der Waals surface area contributed by atoms with E-state index in [1.165, 1.54) is 0 Å². The van der Waals surface area contributed by atoms with Crippen LogP contribution >= 0.6 is 8.18 Å². The van der Waals surface area contributed by atoms with Crippen molar-refractivity contribution in [3.05, 3.63) is 71.9 Å². The molecule has 220 valence electrons. The third kappa shape index (κ3) is 10.6. The molecule has 0 fully saturated rings. The van der Waals surface area contributed by atoms with Crippen LogP contribution in [0.25, 0.3) is 10.9 Å². The quantitative estimate of drug-likeness (QED) is 0.143. The number of amides is 2. The minimum Gasteiger partial charge on any atom is -0.466 e. The molecule has 2 aromatic carbocycles. The number of aromatic nitrogens is 1. The van der Waals surface area contributed by atoms with Crippen molar-refractivity contribution < 1.29 is 32.9 Å². The number of para-hydroxylation sites is 1. The van der Waals surface area contributed by atoms with Crippen molar-refractivity contribution >= 4 is 37.1 Å². The molecule has 0 saturated carbocycles. The van der Waals surface area contributed by atoms with Gasteiger partial charge in [0.2, 0.25) is 5.91 Å². The Bertz CT molecular complexity index is 1300. The van der Waals surface area contributed by atoms with Gasteiger partial charge in [-0.3, -0.25) is 9.59 Å². The fourth-order valence-electron chi connectivity index (χ4n) is 4.10. The fraction of sp³-hybridized carbons (Fsp3) is 0.414. The Morgan fingerprint density at radius 2 is 1.73 bits per heavy atom. The van der Waals surface area contributed by atoms with E-state index in [1.54, 1.807) is 20.8 Å². The van der Waals surface area contributed by atoms with Gasteiger partial charge in [0, 0.05) is 23.6 Å². The van der Waals surface area contributed by atoms with Gasteiger partial charge < -0.3 is 25.1 Å². The first-order valence-corrected chi connectivity index (χ1v) is 14.8. The summed E-state index contributed by atoms with van der Waals surface area (Å²) in [4.78, 5) is 40.1. The maximum atomic E-state index is 12.9. The number of carbonyl (C=O) groups is 3. The van der Waals surface area contributed by atoms with Crippen LogP contribution < -0.4 is 15.7 Å². The lowest BCUT2D eigenvalue weighted by Crippen LogP contribution is -2.46. The Morgan fingerprint density at radius 3 is 2.46 bits per heavy atom. The van der Waals surface area contributed by atoms with Crippen molar-refractivity contribution in [1.82, 2.24) is 20.7 Å². The molecule has 0 aliphatic rings. The molecule has 12 heteroatoms. The topological polar surface area (TPSA) is 148 Å². The molecule has 1 aromatic heterocycles. The van der Waals surface area contributed by atoms with E-state index < -0.39 is 38.2 Å². The number of H-pyrrole nitrogens is 1. The molecule has 41 heavy (non-hydrogen) atoms. The maximum absolute atomic E-state index is 12.9. The van der Waals surface area contributed by atoms with Crippen LogP contribution in [0.3, 0.4) is 0 Å². The van der Waals surface area contributed by atoms with Crippen LogP contribution in [0, 0.1) is 5.92 Å². The van der Waals surface area contributed by atoms with Gasteiger partial charge in [-0.15, -0.1) is 4.52 Å². The summed E-state index contributed by atoms with van der Waals surface area (Å²) in [7, 11) is -2.47. The number of alkyl carbamates (subject to hydrolysis) is 1. The number of fused-ring (bicyclic) bond motifs is 1. The predicted molar refractivity (Wildman–Crippen MR) is 155 cm³/mol. The van der Waals surface area contributed by atoms with Crippen molar-refractivity contribution in [2.24, 2.45) is 5.92 Å². The molecular weight excluding hydrogens is 547 g/mol. The van der Waals surface area contributed by atoms with Crippen LogP contribution in [0.15, 0.2) is 60.8 Å². The van der Waals surface area contributed by atoms with Crippen molar-refractivity contribution in [2.75, 3.05) is 19.8 Å². The Labute approximate surface area is 240 Å². The molecule has 0 saturated heterocycles. The van der Waals surface area contributed by atoms with Gasteiger partial charge in [0.05, 0.1) is 19.1 Å². The van der Waals surface area contributed by atoms with Crippen molar-refractivity contribution in [1.29, 1.82) is 0 Å². The molecule has 0 bridgehead atoms. The summed E-state index contributed by atoms with van der Waals surface area (Å²) in [6, 6.07) is 15.7. The second-order valence-corrected chi connectivity index (χ2v) is 10.7. The first-order valence-electron chi connectivity index (χ1n) is 13.6. The van der Waals surface area contributed by atoms with Crippen LogP contribution in [0.1, 0.15) is 38.3 Å². The maximum Gasteiger partial charge on any atom is 0.613 e. The van der Waals surface area contributed by atoms with Crippen LogP contribution in [0.2, 0.25) is 0 Å². The van der Waals surface area contributed by atoms with Gasteiger partial charge in [-0.25, -0.2) is 4.79 Å². The van der Waals surface area contributed by atoms with Gasteiger partial charge >= 0.3 is 20.2 Å². The molecule has 0 aliphatic heterocycles. The fourth-order valence-corrected chi connectivity index (χ4v) is 5.13. The molecule has 4 N–H and O–H groups in total. The third-order valence-corrected chi connectivity index (χ3v) is 7.07. The lowest BCUT2D eigenvalue weighted by molar-refractivity contribution is -0.143. The zero-order valence-corrected chi connectivity index (χ0v) is 24.4. The molecule has 3 rings (SSSR count). The van der Waals surface area contributed by atoms with Gasteiger partial charge in [0.1, 0.15) is 19.3 Å². The summed E-state index contributed by atoms with van der Waals surface area (Å²) in [5.74, 6) is -1.03. The zero-order valence-electron chi connectivity index (χ0n) is 23.6. The van der Waals surface area contributed by atoms with Crippen LogP contribution in [0.5, 0.6) is 0 Å². The molecule has 0 aliphatic carbocycles. The van der Waals surface area contributed by atoms with E-state index in [0.717, 1.165) is 22.0 Å². The van der Waals surface area contributed by atoms with Crippen LogP contribution in [-0.4, -0.2) is 54.8 Å². The number of nitrogens with one attached hydrogen (secondary N) is 4. The molecular formula is C29H38N4O7P+. The third-order valence-electron chi connectivity index (χ3n) is 6.20. The summed E-state index contributed by atoms with van der Waals surface area (Å²) >= 11 is 0. The Morgan fingerprint density at radius 1 is 1.00 bits per heavy atom. The van der Waals surface area contributed by atoms with E-state index in [2.05, 4.69) is 20.7 Å².